The summed E-state index contributed by atoms with van der Waals surface area (Å²) in [5.74, 6) is -2.61. The Morgan fingerprint density at radius 1 is 0.755 bits per heavy atom. The average Bonchev–Trinajstić information content (AvgIpc) is 3.03. The fourth-order valence-electron chi connectivity index (χ4n) is 5.81. The summed E-state index contributed by atoms with van der Waals surface area (Å²) in [6.07, 6.45) is -9.07. The lowest BCUT2D eigenvalue weighted by Crippen LogP contribution is -2.38. The molecule has 282 valence electrons. The summed E-state index contributed by atoms with van der Waals surface area (Å²) < 4.78 is 129. The molecule has 0 aromatic heterocycles. The lowest BCUT2D eigenvalue weighted by atomic mass is 9.93. The number of nitrogens with zero attached hydrogens (tertiary/aromatic N) is 2. The summed E-state index contributed by atoms with van der Waals surface area (Å²) >= 11 is 0. The van der Waals surface area contributed by atoms with E-state index in [0.717, 1.165) is 18.6 Å². The maximum atomic E-state index is 13.4. The molecule has 49 heavy (non-hydrogen) atoms. The minimum Gasteiger partial charge on any atom is -0.496 e. The van der Waals surface area contributed by atoms with Gasteiger partial charge in [-0.3, -0.25) is 9.80 Å². The minimum atomic E-state index is -4.49. The third-order valence-corrected chi connectivity index (χ3v) is 8.10. The van der Waals surface area contributed by atoms with Crippen molar-refractivity contribution < 1.29 is 49.0 Å². The van der Waals surface area contributed by atoms with Gasteiger partial charge in [-0.05, 0) is 67.6 Å². The Balaban J connectivity index is 0.000000448. The quantitative estimate of drug-likeness (QED) is 0.266. The maximum Gasteiger partial charge on any atom is 0.416 e. The summed E-state index contributed by atoms with van der Waals surface area (Å²) in [4.78, 5) is 3.60. The highest BCUT2D eigenvalue weighted by Gasteiger charge is 2.38. The first-order valence-corrected chi connectivity index (χ1v) is 16.8. The Labute approximate surface area is 285 Å². The third kappa shape index (κ3) is 13.5. The largest absolute Gasteiger partial charge is 0.496 e. The second-order valence-corrected chi connectivity index (χ2v) is 12.0. The van der Waals surface area contributed by atoms with Crippen molar-refractivity contribution in [2.45, 2.75) is 118 Å². The number of benzene rings is 2. The summed E-state index contributed by atoms with van der Waals surface area (Å²) in [5.41, 5.74) is -0.276. The van der Waals surface area contributed by atoms with Crippen molar-refractivity contribution in [1.29, 1.82) is 0 Å². The molecule has 2 aliphatic heterocycles. The molecule has 0 spiro atoms. The molecule has 13 heteroatoms. The highest BCUT2D eigenvalue weighted by atomic mass is 19.4. The van der Waals surface area contributed by atoms with E-state index >= 15 is 0 Å². The number of halogens is 9. The molecule has 2 fully saturated rings. The molecule has 0 N–H and O–H groups in total. The van der Waals surface area contributed by atoms with Crippen molar-refractivity contribution >= 4 is 0 Å². The molecule has 2 saturated heterocycles. The van der Waals surface area contributed by atoms with Crippen LogP contribution >= 0.6 is 0 Å². The second kappa shape index (κ2) is 19.7. The predicted octanol–water partition coefficient (Wildman–Crippen LogP) is 11.1. The van der Waals surface area contributed by atoms with E-state index in [4.69, 9.17) is 9.47 Å². The standard InChI is InChI=1S/C17H22F5NO.C15H19F4NO.2C2H6/c1-11(2)15-13(17(20,21)22)8-12(9-14(15)24-3)10-23-6-4-16(18,19)5-7-23;1-10-13(15(17,18)19)6-11(7-14(10)21-2)8-20-5-3-4-12(16)9-20;2*1-2/h8-9,11H,4-7,10H2,1-3H3;6-7,12H,3-5,8-9H2,1-2H3;2*1-2H3. The molecule has 4 nitrogen and oxygen atoms in total. The Morgan fingerprint density at radius 2 is 1.22 bits per heavy atom. The topological polar surface area (TPSA) is 24.9 Å². The van der Waals surface area contributed by atoms with E-state index in [0.29, 0.717) is 30.6 Å². The monoisotopic (exact) mass is 716 g/mol. The number of alkyl halides is 9. The van der Waals surface area contributed by atoms with E-state index < -0.39 is 35.6 Å². The SMILES string of the molecule is CC.CC.COc1cc(CN2CCC(F)(F)CC2)cc(C(F)(F)F)c1C(C)C.COc1cc(CN2CCCC(F)C2)cc(C(F)(F)F)c1C. The van der Waals surface area contributed by atoms with E-state index in [9.17, 15) is 39.5 Å². The van der Waals surface area contributed by atoms with Gasteiger partial charge in [-0.25, -0.2) is 13.2 Å². The number of rotatable bonds is 7. The van der Waals surface area contributed by atoms with E-state index in [1.54, 1.807) is 30.9 Å². The van der Waals surface area contributed by atoms with Crippen LogP contribution in [0.4, 0.5) is 39.5 Å². The molecule has 2 heterocycles. The molecule has 4 rings (SSSR count). The van der Waals surface area contributed by atoms with E-state index in [1.807, 2.05) is 32.6 Å². The molecule has 2 aromatic carbocycles. The molecule has 0 amide bonds. The van der Waals surface area contributed by atoms with Crippen molar-refractivity contribution in [3.63, 3.8) is 0 Å². The smallest absolute Gasteiger partial charge is 0.416 e. The summed E-state index contributed by atoms with van der Waals surface area (Å²) in [5, 5.41) is 0. The first-order valence-electron chi connectivity index (χ1n) is 16.8. The Hall–Kier alpha value is -2.67. The Bertz CT molecular complexity index is 1270. The van der Waals surface area contributed by atoms with Crippen LogP contribution in [-0.4, -0.2) is 62.3 Å². The molecular weight excluding hydrogens is 663 g/mol. The first-order chi connectivity index (χ1) is 22.8. The predicted molar refractivity (Wildman–Crippen MR) is 176 cm³/mol. The van der Waals surface area contributed by atoms with Crippen molar-refractivity contribution in [3.05, 3.63) is 57.6 Å². The van der Waals surface area contributed by atoms with Crippen molar-refractivity contribution in [2.24, 2.45) is 0 Å². The maximum absolute atomic E-state index is 13.4. The fourth-order valence-corrected chi connectivity index (χ4v) is 5.81. The van der Waals surface area contributed by atoms with Crippen molar-refractivity contribution in [3.8, 4) is 11.5 Å². The number of ether oxygens (including phenoxy) is 2. The number of piperidine rings is 2. The first kappa shape index (κ1) is 44.4. The molecule has 2 aliphatic rings. The van der Waals surface area contributed by atoms with Gasteiger partial charge in [-0.2, -0.15) is 26.3 Å². The zero-order valence-electron chi connectivity index (χ0n) is 30.1. The number of methoxy groups -OCH3 is 2. The van der Waals surface area contributed by atoms with Crippen LogP contribution in [0.2, 0.25) is 0 Å². The van der Waals surface area contributed by atoms with Crippen LogP contribution in [0, 0.1) is 6.92 Å². The Morgan fingerprint density at radius 3 is 1.67 bits per heavy atom. The van der Waals surface area contributed by atoms with Gasteiger partial charge in [0.05, 0.1) is 25.3 Å². The lowest BCUT2D eigenvalue weighted by molar-refractivity contribution is -0.139. The van der Waals surface area contributed by atoms with Gasteiger partial charge >= 0.3 is 12.4 Å². The van der Waals surface area contributed by atoms with Gasteiger partial charge in [-0.1, -0.05) is 41.5 Å². The second-order valence-electron chi connectivity index (χ2n) is 12.0. The molecular formula is C36H53F9N2O2. The van der Waals surface area contributed by atoms with Crippen LogP contribution < -0.4 is 9.47 Å². The van der Waals surface area contributed by atoms with Crippen LogP contribution in [0.3, 0.4) is 0 Å². The minimum absolute atomic E-state index is 0.0794. The average molecular weight is 717 g/mol. The summed E-state index contributed by atoms with van der Waals surface area (Å²) in [6.45, 7) is 14.6. The molecule has 1 unspecified atom stereocenters. The zero-order chi connectivity index (χ0) is 37.7. The zero-order valence-corrected chi connectivity index (χ0v) is 30.1. The molecule has 0 saturated carbocycles. The van der Waals surface area contributed by atoms with Crippen LogP contribution in [0.5, 0.6) is 11.5 Å². The Kier molecular flexibility index (Phi) is 17.8. The highest BCUT2D eigenvalue weighted by molar-refractivity contribution is 5.47. The molecule has 1 atom stereocenters. The van der Waals surface area contributed by atoms with Crippen LogP contribution in [0.1, 0.15) is 107 Å². The highest BCUT2D eigenvalue weighted by Crippen LogP contribution is 2.41. The summed E-state index contributed by atoms with van der Waals surface area (Å²) in [6, 6.07) is 5.44. The van der Waals surface area contributed by atoms with Gasteiger partial charge in [0.25, 0.3) is 5.92 Å². The van der Waals surface area contributed by atoms with Gasteiger partial charge in [0.1, 0.15) is 17.7 Å². The number of likely N-dealkylation sites (tertiary alicyclic amines) is 2. The molecule has 0 bridgehead atoms. The van der Waals surface area contributed by atoms with Crippen LogP contribution in [0.15, 0.2) is 24.3 Å². The van der Waals surface area contributed by atoms with Gasteiger partial charge in [-0.15, -0.1) is 0 Å². The van der Waals surface area contributed by atoms with E-state index in [2.05, 4.69) is 0 Å². The van der Waals surface area contributed by atoms with E-state index in [-0.39, 0.29) is 67.6 Å². The van der Waals surface area contributed by atoms with Gasteiger partial charge < -0.3 is 9.47 Å². The fraction of sp³-hybridized carbons (Fsp3) is 0.667. The third-order valence-electron chi connectivity index (χ3n) is 8.10. The van der Waals surface area contributed by atoms with Crippen molar-refractivity contribution in [2.75, 3.05) is 40.4 Å². The normalized spacial score (nSPS) is 18.3. The van der Waals surface area contributed by atoms with Gasteiger partial charge in [0.15, 0.2) is 0 Å². The molecule has 2 aromatic rings. The number of hydrogen-bond donors (Lipinski definition) is 0. The number of hydrogen-bond acceptors (Lipinski definition) is 4. The van der Waals surface area contributed by atoms with Crippen LogP contribution in [-0.2, 0) is 25.4 Å². The summed E-state index contributed by atoms with van der Waals surface area (Å²) in [7, 11) is 2.69. The van der Waals surface area contributed by atoms with Crippen molar-refractivity contribution in [1.82, 2.24) is 9.80 Å². The molecule has 0 radical (unpaired) electrons. The van der Waals surface area contributed by atoms with Crippen LogP contribution in [0.25, 0.3) is 0 Å². The van der Waals surface area contributed by atoms with E-state index in [1.165, 1.54) is 21.1 Å². The lowest BCUT2D eigenvalue weighted by Gasteiger charge is -2.32. The van der Waals surface area contributed by atoms with Gasteiger partial charge in [0, 0.05) is 56.7 Å². The molecule has 0 aliphatic carbocycles. The van der Waals surface area contributed by atoms with Gasteiger partial charge in [0.2, 0.25) is 0 Å².